The number of nitrogens with two attached hydrogens (primary N) is 1. The van der Waals surface area contributed by atoms with Gasteiger partial charge in [-0.2, -0.15) is 0 Å². The molecule has 1 aliphatic rings. The molecule has 2 aromatic rings. The highest BCUT2D eigenvalue weighted by molar-refractivity contribution is 6.22. The maximum absolute atomic E-state index is 7.67. The van der Waals surface area contributed by atoms with Crippen LogP contribution in [0.3, 0.4) is 0 Å². The molecule has 0 aliphatic carbocycles. The predicted octanol–water partition coefficient (Wildman–Crippen LogP) is 4.33. The lowest BCUT2D eigenvalue weighted by Gasteiger charge is -2.02. The van der Waals surface area contributed by atoms with Crippen molar-refractivity contribution in [2.45, 2.75) is 34.1 Å². The van der Waals surface area contributed by atoms with E-state index in [9.17, 15) is 0 Å². The molecule has 0 spiro atoms. The summed E-state index contributed by atoms with van der Waals surface area (Å²) in [6, 6.07) is 12.0. The van der Waals surface area contributed by atoms with Crippen LogP contribution in [0.1, 0.15) is 45.2 Å². The minimum absolute atomic E-state index is 0.258. The quantitative estimate of drug-likeness (QED) is 0.734. The zero-order valence-corrected chi connectivity index (χ0v) is 12.7. The Bertz CT molecular complexity index is 627. The van der Waals surface area contributed by atoms with Crippen LogP contribution < -0.4 is 5.73 Å². The van der Waals surface area contributed by atoms with Gasteiger partial charge in [-0.3, -0.25) is 5.41 Å². The summed E-state index contributed by atoms with van der Waals surface area (Å²) in [5.74, 6) is 0.703. The summed E-state index contributed by atoms with van der Waals surface area (Å²) in [5, 5.41) is 9.91. The van der Waals surface area contributed by atoms with Gasteiger partial charge in [0.25, 0.3) is 0 Å². The van der Waals surface area contributed by atoms with E-state index in [1.54, 1.807) is 0 Å². The van der Waals surface area contributed by atoms with Gasteiger partial charge in [-0.1, -0.05) is 58.4 Å². The molecule has 3 N–H and O–H groups in total. The molecule has 0 radical (unpaired) electrons. The number of fused-ring (bicyclic) bond motifs is 2. The molecule has 0 unspecified atom stereocenters. The van der Waals surface area contributed by atoms with Crippen LogP contribution in [0.15, 0.2) is 41.4 Å². The van der Waals surface area contributed by atoms with Crippen molar-refractivity contribution in [3.05, 3.63) is 47.5 Å². The zero-order chi connectivity index (χ0) is 15.1. The van der Waals surface area contributed by atoms with Crippen molar-refractivity contribution in [1.29, 1.82) is 5.41 Å². The van der Waals surface area contributed by atoms with Crippen molar-refractivity contribution < 1.29 is 0 Å². The highest BCUT2D eigenvalue weighted by atomic mass is 14.9. The molecule has 0 amide bonds. The van der Waals surface area contributed by atoms with Crippen molar-refractivity contribution in [2.24, 2.45) is 10.7 Å². The van der Waals surface area contributed by atoms with Crippen LogP contribution in [-0.2, 0) is 0 Å². The summed E-state index contributed by atoms with van der Waals surface area (Å²) in [5.41, 5.74) is 7.44. The van der Waals surface area contributed by atoms with E-state index in [2.05, 4.69) is 18.8 Å². The van der Waals surface area contributed by atoms with Gasteiger partial charge in [0.05, 0.1) is 0 Å². The lowest BCUT2D eigenvalue weighted by Crippen LogP contribution is -2.10. The fraction of sp³-hybridized carbons (Fsp3) is 0.294. The number of benzene rings is 2. The molecule has 0 atom stereocenters. The molecule has 1 heterocycles. The second-order valence-corrected chi connectivity index (χ2v) is 4.30. The largest absolute Gasteiger partial charge is 0.383 e. The van der Waals surface area contributed by atoms with Gasteiger partial charge >= 0.3 is 0 Å². The molecule has 3 nitrogen and oxygen atoms in total. The Kier molecular flexibility index (Phi) is 5.91. The van der Waals surface area contributed by atoms with Gasteiger partial charge in [-0.25, -0.2) is 4.99 Å². The first-order chi connectivity index (χ1) is 9.67. The van der Waals surface area contributed by atoms with E-state index in [4.69, 9.17) is 11.1 Å². The third-order valence-electron chi connectivity index (χ3n) is 2.65. The maximum atomic E-state index is 7.67. The maximum Gasteiger partial charge on any atom is 0.154 e. The Labute approximate surface area is 121 Å². The van der Waals surface area contributed by atoms with E-state index in [1.165, 1.54) is 6.42 Å². The second kappa shape index (κ2) is 7.43. The van der Waals surface area contributed by atoms with Gasteiger partial charge in [0, 0.05) is 11.1 Å². The molecule has 0 aromatic heterocycles. The van der Waals surface area contributed by atoms with E-state index in [-0.39, 0.29) is 5.84 Å². The van der Waals surface area contributed by atoms with Crippen molar-refractivity contribution in [3.63, 3.8) is 0 Å². The number of hydrogen-bond acceptors (Lipinski definition) is 2. The molecule has 0 saturated carbocycles. The second-order valence-electron chi connectivity index (χ2n) is 4.30. The number of nitrogens with zero attached hydrogens (tertiary/aromatic N) is 1. The Balaban J connectivity index is 0.000000357. The average molecular weight is 269 g/mol. The van der Waals surface area contributed by atoms with Crippen LogP contribution in [0.4, 0.5) is 0 Å². The number of aliphatic imine (C=N–C) groups is 1. The van der Waals surface area contributed by atoms with E-state index >= 15 is 0 Å². The van der Waals surface area contributed by atoms with Gasteiger partial charge in [-0.05, 0) is 22.9 Å². The molecule has 1 aliphatic heterocycles. The number of hydrogen-bond donors (Lipinski definition) is 2. The van der Waals surface area contributed by atoms with Crippen LogP contribution in [0.5, 0.6) is 0 Å². The van der Waals surface area contributed by atoms with Gasteiger partial charge in [-0.15, -0.1) is 0 Å². The first-order valence-electron chi connectivity index (χ1n) is 7.13. The van der Waals surface area contributed by atoms with Crippen LogP contribution in [0.25, 0.3) is 10.8 Å². The first-order valence-corrected chi connectivity index (χ1v) is 7.13. The summed E-state index contributed by atoms with van der Waals surface area (Å²) >= 11 is 0. The molecule has 0 saturated heterocycles. The van der Waals surface area contributed by atoms with Gasteiger partial charge in [0.15, 0.2) is 5.84 Å². The standard InChI is InChI=1S/C12H9N3.C3H8.C2H6/c13-11-9-5-7-3-1-2-4-8(7)6-10(9)12(14)15-11;1-3-2;1-2/h1-6H,(H3,13,14,15);3H2,1-2H3;1-2H3. The fourth-order valence-corrected chi connectivity index (χ4v) is 1.89. The normalized spacial score (nSPS) is 11.8. The van der Waals surface area contributed by atoms with E-state index < -0.39 is 0 Å². The fourth-order valence-electron chi connectivity index (χ4n) is 1.89. The van der Waals surface area contributed by atoms with E-state index in [0.717, 1.165) is 21.9 Å². The Morgan fingerprint density at radius 1 is 1.00 bits per heavy atom. The van der Waals surface area contributed by atoms with E-state index in [1.807, 2.05) is 50.2 Å². The van der Waals surface area contributed by atoms with Crippen molar-refractivity contribution >= 4 is 22.4 Å². The summed E-state index contributed by atoms with van der Waals surface area (Å²) in [7, 11) is 0. The summed E-state index contributed by atoms with van der Waals surface area (Å²) in [6.07, 6.45) is 1.25. The summed E-state index contributed by atoms with van der Waals surface area (Å²) in [4.78, 5) is 3.96. The average Bonchev–Trinajstić information content (AvgIpc) is 2.75. The van der Waals surface area contributed by atoms with Gasteiger partial charge < -0.3 is 5.73 Å². The SMILES string of the molecule is CC.CCC.N=C1N=C(N)c2cc3ccccc3cc21. The Hall–Kier alpha value is -2.16. The molecular formula is C17H23N3. The molecule has 0 bridgehead atoms. The lowest BCUT2D eigenvalue weighted by atomic mass is 10.0. The van der Waals surface area contributed by atoms with Crippen LogP contribution in [0.2, 0.25) is 0 Å². The monoisotopic (exact) mass is 269 g/mol. The lowest BCUT2D eigenvalue weighted by molar-refractivity contribution is 1.09. The van der Waals surface area contributed by atoms with Gasteiger partial charge in [0.1, 0.15) is 5.84 Å². The van der Waals surface area contributed by atoms with Crippen LogP contribution >= 0.6 is 0 Å². The van der Waals surface area contributed by atoms with Crippen LogP contribution in [0, 0.1) is 5.41 Å². The summed E-state index contributed by atoms with van der Waals surface area (Å²) in [6.45, 7) is 8.25. The van der Waals surface area contributed by atoms with E-state index in [0.29, 0.717) is 5.84 Å². The molecule has 0 fully saturated rings. The third kappa shape index (κ3) is 3.23. The van der Waals surface area contributed by atoms with Crippen LogP contribution in [-0.4, -0.2) is 11.7 Å². The predicted molar refractivity (Wildman–Crippen MR) is 88.8 cm³/mol. The molecular weight excluding hydrogens is 246 g/mol. The smallest absolute Gasteiger partial charge is 0.154 e. The molecule has 2 aromatic carbocycles. The molecule has 3 heteroatoms. The molecule has 3 rings (SSSR count). The first kappa shape index (κ1) is 15.9. The third-order valence-corrected chi connectivity index (χ3v) is 2.65. The topological polar surface area (TPSA) is 62.2 Å². The minimum Gasteiger partial charge on any atom is -0.383 e. The Morgan fingerprint density at radius 2 is 1.45 bits per heavy atom. The zero-order valence-electron chi connectivity index (χ0n) is 12.7. The molecule has 20 heavy (non-hydrogen) atoms. The number of nitrogens with one attached hydrogen (secondary N) is 1. The van der Waals surface area contributed by atoms with Crippen molar-refractivity contribution in [1.82, 2.24) is 0 Å². The highest BCUT2D eigenvalue weighted by Gasteiger charge is 2.18. The highest BCUT2D eigenvalue weighted by Crippen LogP contribution is 2.24. The number of rotatable bonds is 0. The van der Waals surface area contributed by atoms with Crippen molar-refractivity contribution in [2.75, 3.05) is 0 Å². The summed E-state index contributed by atoms with van der Waals surface area (Å²) < 4.78 is 0. The Morgan fingerprint density at radius 3 is 1.95 bits per heavy atom. The molecule has 106 valence electrons. The van der Waals surface area contributed by atoms with Crippen molar-refractivity contribution in [3.8, 4) is 0 Å². The van der Waals surface area contributed by atoms with Gasteiger partial charge in [0.2, 0.25) is 0 Å². The number of amidine groups is 2. The minimum atomic E-state index is 0.258.